The van der Waals surface area contributed by atoms with Gasteiger partial charge >= 0.3 is 0 Å². The number of aryl methyl sites for hydroxylation is 1. The molecule has 1 atom stereocenters. The number of hydrogen-bond acceptors (Lipinski definition) is 2. The Hall–Kier alpha value is -2.88. The molecule has 3 rings (SSSR count). The SMILES string of the molecule is Cc1ccc(C(=O)N[C@@H](C)c2ccc(-n3ccnc3)cc2)cc1. The minimum atomic E-state index is -0.0591. The lowest BCUT2D eigenvalue weighted by Crippen LogP contribution is -2.26. The van der Waals surface area contributed by atoms with Gasteiger partial charge in [0.1, 0.15) is 0 Å². The van der Waals surface area contributed by atoms with Crippen LogP contribution in [0.1, 0.15) is 34.5 Å². The van der Waals surface area contributed by atoms with Crippen molar-refractivity contribution in [3.05, 3.63) is 83.9 Å². The van der Waals surface area contributed by atoms with E-state index < -0.39 is 0 Å². The molecule has 0 radical (unpaired) electrons. The molecule has 0 unspecified atom stereocenters. The van der Waals surface area contributed by atoms with E-state index in [0.29, 0.717) is 5.56 Å². The van der Waals surface area contributed by atoms with Crippen molar-refractivity contribution >= 4 is 5.91 Å². The van der Waals surface area contributed by atoms with Gasteiger partial charge in [0.25, 0.3) is 5.91 Å². The Bertz CT molecular complexity index is 774. The van der Waals surface area contributed by atoms with Crippen LogP contribution in [0.4, 0.5) is 0 Å². The fraction of sp³-hybridized carbons (Fsp3) is 0.158. The quantitative estimate of drug-likeness (QED) is 0.799. The highest BCUT2D eigenvalue weighted by atomic mass is 16.1. The highest BCUT2D eigenvalue weighted by molar-refractivity contribution is 5.94. The molecule has 0 saturated heterocycles. The van der Waals surface area contributed by atoms with Crippen molar-refractivity contribution < 1.29 is 4.79 Å². The zero-order chi connectivity index (χ0) is 16.2. The van der Waals surface area contributed by atoms with E-state index in [9.17, 15) is 4.79 Å². The van der Waals surface area contributed by atoms with Crippen LogP contribution in [-0.2, 0) is 0 Å². The Labute approximate surface area is 135 Å². The molecule has 0 aliphatic rings. The molecule has 0 fully saturated rings. The average molecular weight is 305 g/mol. The van der Waals surface area contributed by atoms with Crippen molar-refractivity contribution in [2.75, 3.05) is 0 Å². The number of benzene rings is 2. The molecule has 0 saturated carbocycles. The molecule has 3 aromatic rings. The van der Waals surface area contributed by atoms with Gasteiger partial charge in [-0.15, -0.1) is 0 Å². The molecule has 4 heteroatoms. The van der Waals surface area contributed by atoms with Gasteiger partial charge in [0.2, 0.25) is 0 Å². The predicted molar refractivity (Wildman–Crippen MR) is 90.6 cm³/mol. The number of aromatic nitrogens is 2. The van der Waals surface area contributed by atoms with Crippen LogP contribution in [0.15, 0.2) is 67.3 Å². The van der Waals surface area contributed by atoms with Crippen molar-refractivity contribution in [2.24, 2.45) is 0 Å². The summed E-state index contributed by atoms with van der Waals surface area (Å²) in [5, 5.41) is 3.03. The third-order valence-corrected chi connectivity index (χ3v) is 3.86. The third-order valence-electron chi connectivity index (χ3n) is 3.86. The van der Waals surface area contributed by atoms with Crippen molar-refractivity contribution in [2.45, 2.75) is 19.9 Å². The molecule has 1 aromatic heterocycles. The summed E-state index contributed by atoms with van der Waals surface area (Å²) in [6, 6.07) is 15.6. The van der Waals surface area contributed by atoms with E-state index >= 15 is 0 Å². The summed E-state index contributed by atoms with van der Waals surface area (Å²) in [5.41, 5.74) is 3.93. The van der Waals surface area contributed by atoms with Crippen molar-refractivity contribution in [1.29, 1.82) is 0 Å². The minimum absolute atomic E-state index is 0.0550. The molecule has 4 nitrogen and oxygen atoms in total. The molecule has 0 aliphatic heterocycles. The Morgan fingerprint density at radius 3 is 2.39 bits per heavy atom. The first-order chi connectivity index (χ1) is 11.1. The Morgan fingerprint density at radius 1 is 1.09 bits per heavy atom. The molecule has 0 bridgehead atoms. The molecular weight excluding hydrogens is 286 g/mol. The average Bonchev–Trinajstić information content (AvgIpc) is 3.10. The van der Waals surface area contributed by atoms with Gasteiger partial charge in [-0.25, -0.2) is 4.98 Å². The molecule has 0 spiro atoms. The lowest BCUT2D eigenvalue weighted by Gasteiger charge is -2.15. The van der Waals surface area contributed by atoms with Crippen LogP contribution in [0, 0.1) is 6.92 Å². The van der Waals surface area contributed by atoms with E-state index in [2.05, 4.69) is 10.3 Å². The van der Waals surface area contributed by atoms with E-state index in [1.807, 2.05) is 73.1 Å². The summed E-state index contributed by atoms with van der Waals surface area (Å²) >= 11 is 0. The maximum atomic E-state index is 12.3. The lowest BCUT2D eigenvalue weighted by molar-refractivity contribution is 0.0940. The molecule has 116 valence electrons. The summed E-state index contributed by atoms with van der Waals surface area (Å²) in [5.74, 6) is -0.0591. The van der Waals surface area contributed by atoms with E-state index in [1.165, 1.54) is 0 Å². The van der Waals surface area contributed by atoms with Crippen LogP contribution >= 0.6 is 0 Å². The number of amides is 1. The Kier molecular flexibility index (Phi) is 4.24. The molecule has 2 aromatic carbocycles. The van der Waals surface area contributed by atoms with Gasteiger partial charge in [-0.3, -0.25) is 4.79 Å². The summed E-state index contributed by atoms with van der Waals surface area (Å²) in [7, 11) is 0. The Morgan fingerprint density at radius 2 is 1.78 bits per heavy atom. The largest absolute Gasteiger partial charge is 0.346 e. The van der Waals surface area contributed by atoms with E-state index in [-0.39, 0.29) is 11.9 Å². The zero-order valence-electron chi connectivity index (χ0n) is 13.2. The van der Waals surface area contributed by atoms with Gasteiger partial charge in [-0.2, -0.15) is 0 Å². The second kappa shape index (κ2) is 6.48. The first-order valence-electron chi connectivity index (χ1n) is 7.59. The highest BCUT2D eigenvalue weighted by Crippen LogP contribution is 2.16. The van der Waals surface area contributed by atoms with Crippen molar-refractivity contribution in [3.63, 3.8) is 0 Å². The summed E-state index contributed by atoms with van der Waals surface area (Å²) in [6.45, 7) is 3.99. The van der Waals surface area contributed by atoms with E-state index in [4.69, 9.17) is 0 Å². The van der Waals surface area contributed by atoms with Crippen LogP contribution in [0.3, 0.4) is 0 Å². The predicted octanol–water partition coefficient (Wildman–Crippen LogP) is 3.67. The van der Waals surface area contributed by atoms with Crippen LogP contribution in [0.5, 0.6) is 0 Å². The van der Waals surface area contributed by atoms with Crippen LogP contribution in [0.25, 0.3) is 5.69 Å². The number of nitrogens with zero attached hydrogens (tertiary/aromatic N) is 2. The second-order valence-corrected chi connectivity index (χ2v) is 5.62. The molecule has 1 N–H and O–H groups in total. The van der Waals surface area contributed by atoms with Gasteiger partial charge < -0.3 is 9.88 Å². The lowest BCUT2D eigenvalue weighted by atomic mass is 10.1. The molecule has 0 aliphatic carbocycles. The molecule has 1 heterocycles. The maximum absolute atomic E-state index is 12.3. The van der Waals surface area contributed by atoms with Crippen LogP contribution in [-0.4, -0.2) is 15.5 Å². The summed E-state index contributed by atoms with van der Waals surface area (Å²) in [6.07, 6.45) is 5.41. The van der Waals surface area contributed by atoms with Gasteiger partial charge in [0.15, 0.2) is 0 Å². The first-order valence-corrected chi connectivity index (χ1v) is 7.59. The molecule has 1 amide bonds. The molecule has 23 heavy (non-hydrogen) atoms. The summed E-state index contributed by atoms with van der Waals surface area (Å²) in [4.78, 5) is 16.3. The number of imidazole rings is 1. The van der Waals surface area contributed by atoms with Gasteiger partial charge in [-0.05, 0) is 43.7 Å². The normalized spacial score (nSPS) is 11.9. The smallest absolute Gasteiger partial charge is 0.251 e. The first kappa shape index (κ1) is 15.0. The highest BCUT2D eigenvalue weighted by Gasteiger charge is 2.11. The van der Waals surface area contributed by atoms with Gasteiger partial charge in [0.05, 0.1) is 12.4 Å². The maximum Gasteiger partial charge on any atom is 0.251 e. The molecular formula is C19H19N3O. The minimum Gasteiger partial charge on any atom is -0.346 e. The number of carbonyl (C=O) groups is 1. The fourth-order valence-electron chi connectivity index (χ4n) is 2.42. The van der Waals surface area contributed by atoms with Crippen LogP contribution < -0.4 is 5.32 Å². The standard InChI is InChI=1S/C19H19N3O/c1-14-3-5-17(6-4-14)19(23)21-15(2)16-7-9-18(10-8-16)22-12-11-20-13-22/h3-13,15H,1-2H3,(H,21,23)/t15-/m0/s1. The van der Waals surface area contributed by atoms with E-state index in [1.54, 1.807) is 12.5 Å². The zero-order valence-corrected chi connectivity index (χ0v) is 13.2. The summed E-state index contributed by atoms with van der Waals surface area (Å²) < 4.78 is 1.94. The monoisotopic (exact) mass is 305 g/mol. The van der Waals surface area contributed by atoms with Crippen molar-refractivity contribution in [1.82, 2.24) is 14.9 Å². The second-order valence-electron chi connectivity index (χ2n) is 5.62. The third kappa shape index (κ3) is 3.48. The van der Waals surface area contributed by atoms with Gasteiger partial charge in [0, 0.05) is 23.6 Å². The van der Waals surface area contributed by atoms with Gasteiger partial charge in [-0.1, -0.05) is 29.8 Å². The number of carbonyl (C=O) groups excluding carboxylic acids is 1. The number of nitrogens with one attached hydrogen (secondary N) is 1. The fourth-order valence-corrected chi connectivity index (χ4v) is 2.42. The van der Waals surface area contributed by atoms with Crippen LogP contribution in [0.2, 0.25) is 0 Å². The van der Waals surface area contributed by atoms with E-state index in [0.717, 1.165) is 16.8 Å². The number of rotatable bonds is 4. The van der Waals surface area contributed by atoms with Crippen molar-refractivity contribution in [3.8, 4) is 5.69 Å². The Balaban J connectivity index is 1.69. The topological polar surface area (TPSA) is 46.9 Å². The number of hydrogen-bond donors (Lipinski definition) is 1.